The Labute approximate surface area is 193 Å². The van der Waals surface area contributed by atoms with Gasteiger partial charge in [-0.15, -0.1) is 0 Å². The molecule has 0 saturated carbocycles. The molecule has 1 amide bonds. The highest BCUT2D eigenvalue weighted by molar-refractivity contribution is 7.22. The van der Waals surface area contributed by atoms with E-state index in [4.69, 9.17) is 32.9 Å². The predicted molar refractivity (Wildman–Crippen MR) is 127 cm³/mol. The first kappa shape index (κ1) is 20.4. The van der Waals surface area contributed by atoms with Gasteiger partial charge in [0.2, 0.25) is 0 Å². The Kier molecular flexibility index (Phi) is 5.20. The monoisotopic (exact) mass is 474 g/mol. The van der Waals surface area contributed by atoms with Gasteiger partial charge in [-0.2, -0.15) is 0 Å². The number of H-pyrrole nitrogens is 1. The van der Waals surface area contributed by atoms with Gasteiger partial charge in [0.05, 0.1) is 16.8 Å². The Morgan fingerprint density at radius 2 is 2.03 bits per heavy atom. The molecular formula is C22H20Cl2N4O2S. The largest absolute Gasteiger partial charge is 0.449 e. The molecule has 9 heteroatoms. The molecule has 1 atom stereocenters. The molecule has 3 heterocycles. The summed E-state index contributed by atoms with van der Waals surface area (Å²) in [5.74, 6) is -0.0181. The van der Waals surface area contributed by atoms with Crippen molar-refractivity contribution in [2.24, 2.45) is 0 Å². The number of aromatic nitrogens is 2. The van der Waals surface area contributed by atoms with Gasteiger partial charge in [-0.25, -0.2) is 9.78 Å². The SMILES string of the molecule is CN(C)C(=O)OCC1CN(c2nc3ccc(Cl)cc3s2)Cc2[nH]c3ccc(Cl)cc3c21. The maximum absolute atomic E-state index is 12.1. The molecule has 0 saturated heterocycles. The van der Waals surface area contributed by atoms with Gasteiger partial charge >= 0.3 is 6.09 Å². The predicted octanol–water partition coefficient (Wildman–Crippen LogP) is 5.89. The van der Waals surface area contributed by atoms with Crippen LogP contribution in [0.5, 0.6) is 0 Å². The zero-order valence-electron chi connectivity index (χ0n) is 17.0. The number of carbonyl (C=O) groups is 1. The fourth-order valence-corrected chi connectivity index (χ4v) is 5.47. The third-order valence-corrected chi connectivity index (χ3v) is 7.01. The van der Waals surface area contributed by atoms with Gasteiger partial charge in [-0.05, 0) is 42.0 Å². The Bertz CT molecular complexity index is 1300. The summed E-state index contributed by atoms with van der Waals surface area (Å²) in [5, 5.41) is 3.38. The summed E-state index contributed by atoms with van der Waals surface area (Å²) in [6.07, 6.45) is -0.355. The maximum Gasteiger partial charge on any atom is 0.409 e. The van der Waals surface area contributed by atoms with Gasteiger partial charge in [-0.1, -0.05) is 34.5 Å². The molecule has 0 aliphatic carbocycles. The second-order valence-corrected chi connectivity index (χ2v) is 9.75. The minimum atomic E-state index is -0.355. The third-order valence-electron chi connectivity index (χ3n) is 5.46. The fraction of sp³-hybridized carbons (Fsp3) is 0.273. The van der Waals surface area contributed by atoms with Gasteiger partial charge < -0.3 is 19.5 Å². The highest BCUT2D eigenvalue weighted by Gasteiger charge is 2.31. The number of fused-ring (bicyclic) bond motifs is 4. The van der Waals surface area contributed by atoms with Crippen LogP contribution in [-0.2, 0) is 11.3 Å². The molecule has 31 heavy (non-hydrogen) atoms. The average molecular weight is 475 g/mol. The van der Waals surface area contributed by atoms with Crippen LogP contribution in [0.25, 0.3) is 21.1 Å². The standard InChI is InChI=1S/C22H20Cl2N4O2S/c1-27(2)22(29)30-11-12-9-28(21-26-17-6-4-14(24)8-19(17)31-21)10-18-20(12)15-7-13(23)3-5-16(15)25-18/h3-8,12,25H,9-11H2,1-2H3. The number of nitrogens with one attached hydrogen (secondary N) is 1. The van der Waals surface area contributed by atoms with Crippen LogP contribution in [0.1, 0.15) is 17.2 Å². The zero-order valence-corrected chi connectivity index (χ0v) is 19.3. The van der Waals surface area contributed by atoms with Crippen molar-refractivity contribution >= 4 is 66.9 Å². The smallest absolute Gasteiger partial charge is 0.409 e. The lowest BCUT2D eigenvalue weighted by atomic mass is 9.92. The number of halogens is 2. The summed E-state index contributed by atoms with van der Waals surface area (Å²) in [7, 11) is 3.36. The number of carbonyl (C=O) groups excluding carboxylic acids is 1. The number of rotatable bonds is 3. The summed E-state index contributed by atoms with van der Waals surface area (Å²) < 4.78 is 6.63. The molecule has 6 nitrogen and oxygen atoms in total. The molecule has 1 aliphatic rings. The van der Waals surface area contributed by atoms with E-state index >= 15 is 0 Å². The highest BCUT2D eigenvalue weighted by atomic mass is 35.5. The normalized spacial score (nSPS) is 16.0. The van der Waals surface area contributed by atoms with Crippen molar-refractivity contribution in [1.82, 2.24) is 14.9 Å². The number of hydrogen-bond donors (Lipinski definition) is 1. The van der Waals surface area contributed by atoms with E-state index in [1.807, 2.05) is 36.4 Å². The highest BCUT2D eigenvalue weighted by Crippen LogP contribution is 2.40. The summed E-state index contributed by atoms with van der Waals surface area (Å²) in [6, 6.07) is 11.6. The van der Waals surface area contributed by atoms with E-state index in [1.54, 1.807) is 25.4 Å². The summed E-state index contributed by atoms with van der Waals surface area (Å²) in [6.45, 7) is 1.64. The molecule has 4 aromatic rings. The summed E-state index contributed by atoms with van der Waals surface area (Å²) >= 11 is 14.0. The number of thiazole rings is 1. The van der Waals surface area contributed by atoms with Crippen molar-refractivity contribution in [2.45, 2.75) is 12.5 Å². The Balaban J connectivity index is 1.54. The van der Waals surface area contributed by atoms with Crippen LogP contribution in [-0.4, -0.2) is 48.2 Å². The van der Waals surface area contributed by atoms with Crippen molar-refractivity contribution in [2.75, 3.05) is 32.1 Å². The van der Waals surface area contributed by atoms with E-state index < -0.39 is 0 Å². The lowest BCUT2D eigenvalue weighted by molar-refractivity contribution is 0.112. The first-order valence-corrected chi connectivity index (χ1v) is 11.4. The summed E-state index contributed by atoms with van der Waals surface area (Å²) in [4.78, 5) is 24.1. The van der Waals surface area contributed by atoms with E-state index in [9.17, 15) is 4.79 Å². The zero-order chi connectivity index (χ0) is 21.7. The van der Waals surface area contributed by atoms with Crippen molar-refractivity contribution < 1.29 is 9.53 Å². The number of aromatic amines is 1. The van der Waals surface area contributed by atoms with Crippen molar-refractivity contribution in [3.8, 4) is 0 Å². The van der Waals surface area contributed by atoms with Crippen LogP contribution in [0.4, 0.5) is 9.93 Å². The second kappa shape index (κ2) is 7.89. The van der Waals surface area contributed by atoms with Crippen LogP contribution < -0.4 is 4.90 Å². The molecule has 2 aromatic carbocycles. The van der Waals surface area contributed by atoms with E-state index in [2.05, 4.69) is 9.88 Å². The van der Waals surface area contributed by atoms with E-state index in [-0.39, 0.29) is 18.6 Å². The molecule has 0 radical (unpaired) electrons. The van der Waals surface area contributed by atoms with Crippen LogP contribution in [0, 0.1) is 0 Å². The maximum atomic E-state index is 12.1. The number of hydrogen-bond acceptors (Lipinski definition) is 5. The second-order valence-electron chi connectivity index (χ2n) is 7.86. The lowest BCUT2D eigenvalue weighted by Gasteiger charge is -2.32. The quantitative estimate of drug-likeness (QED) is 0.402. The van der Waals surface area contributed by atoms with E-state index in [1.165, 1.54) is 4.90 Å². The van der Waals surface area contributed by atoms with Gasteiger partial charge in [0.1, 0.15) is 6.61 Å². The van der Waals surface area contributed by atoms with Gasteiger partial charge in [0.15, 0.2) is 5.13 Å². The third kappa shape index (κ3) is 3.82. The molecule has 5 rings (SSSR count). The van der Waals surface area contributed by atoms with E-state index in [0.717, 1.165) is 37.5 Å². The number of ether oxygens (including phenoxy) is 1. The number of amides is 1. The average Bonchev–Trinajstić information content (AvgIpc) is 3.32. The molecule has 1 aliphatic heterocycles. The molecule has 2 aromatic heterocycles. The van der Waals surface area contributed by atoms with Crippen LogP contribution in [0.15, 0.2) is 36.4 Å². The Morgan fingerprint density at radius 1 is 1.26 bits per heavy atom. The van der Waals surface area contributed by atoms with Crippen LogP contribution >= 0.6 is 34.5 Å². The first-order valence-electron chi connectivity index (χ1n) is 9.84. The van der Waals surface area contributed by atoms with Gasteiger partial charge in [0, 0.05) is 53.2 Å². The molecule has 0 bridgehead atoms. The first-order chi connectivity index (χ1) is 14.9. The van der Waals surface area contributed by atoms with E-state index in [0.29, 0.717) is 23.1 Å². The van der Waals surface area contributed by atoms with Crippen LogP contribution in [0.2, 0.25) is 10.0 Å². The minimum Gasteiger partial charge on any atom is -0.449 e. The van der Waals surface area contributed by atoms with Crippen molar-refractivity contribution in [1.29, 1.82) is 0 Å². The molecule has 1 unspecified atom stereocenters. The topological polar surface area (TPSA) is 61.5 Å². The Hall–Kier alpha value is -2.48. The molecule has 0 fully saturated rings. The number of benzene rings is 2. The molecule has 0 spiro atoms. The van der Waals surface area contributed by atoms with Gasteiger partial charge in [-0.3, -0.25) is 0 Å². The van der Waals surface area contributed by atoms with Crippen LogP contribution in [0.3, 0.4) is 0 Å². The summed E-state index contributed by atoms with van der Waals surface area (Å²) in [5.41, 5.74) is 4.20. The number of nitrogens with zero attached hydrogens (tertiary/aromatic N) is 3. The molecule has 160 valence electrons. The Morgan fingerprint density at radius 3 is 2.84 bits per heavy atom. The minimum absolute atomic E-state index is 0.0181. The van der Waals surface area contributed by atoms with Crippen molar-refractivity contribution in [3.63, 3.8) is 0 Å². The molecular weight excluding hydrogens is 455 g/mol. The van der Waals surface area contributed by atoms with Crippen molar-refractivity contribution in [3.05, 3.63) is 57.7 Å². The fourth-order valence-electron chi connectivity index (χ4n) is 4.05. The molecule has 1 N–H and O–H groups in total. The number of anilines is 1. The lowest BCUT2D eigenvalue weighted by Crippen LogP contribution is -2.36. The van der Waals surface area contributed by atoms with Gasteiger partial charge in [0.25, 0.3) is 0 Å².